The molecule has 134 valence electrons. The second kappa shape index (κ2) is 6.48. The molecule has 0 bridgehead atoms. The third-order valence-corrected chi connectivity index (χ3v) is 4.94. The van der Waals surface area contributed by atoms with Crippen LogP contribution in [0.25, 0.3) is 22.4 Å². The highest BCUT2D eigenvalue weighted by Crippen LogP contribution is 2.23. The fourth-order valence-electron chi connectivity index (χ4n) is 3.59. The molecule has 0 spiro atoms. The fourth-order valence-corrected chi connectivity index (χ4v) is 3.59. The molecule has 0 atom stereocenters. The number of hydrogen-bond acceptors (Lipinski definition) is 5. The Kier molecular flexibility index (Phi) is 3.83. The number of rotatable bonds is 3. The van der Waals surface area contributed by atoms with Crippen molar-refractivity contribution in [2.45, 2.75) is 19.5 Å². The number of nitrogens with one attached hydrogen (secondary N) is 1. The third-order valence-electron chi connectivity index (χ3n) is 4.94. The van der Waals surface area contributed by atoms with Crippen LogP contribution in [0.15, 0.2) is 64.1 Å². The summed E-state index contributed by atoms with van der Waals surface area (Å²) in [6.07, 6.45) is 4.16. The molecule has 6 nitrogen and oxygen atoms in total. The molecule has 27 heavy (non-hydrogen) atoms. The van der Waals surface area contributed by atoms with E-state index in [0.29, 0.717) is 18.9 Å². The smallest absolute Gasteiger partial charge is 0.255 e. The van der Waals surface area contributed by atoms with Gasteiger partial charge in [-0.15, -0.1) is 0 Å². The Labute approximate surface area is 155 Å². The second-order valence-electron chi connectivity index (χ2n) is 6.79. The molecule has 1 N–H and O–H groups in total. The molecular weight excluding hydrogens is 340 g/mol. The van der Waals surface area contributed by atoms with Crippen LogP contribution in [0.2, 0.25) is 0 Å². The van der Waals surface area contributed by atoms with Crippen molar-refractivity contribution in [3.63, 3.8) is 0 Å². The molecule has 1 aliphatic rings. The summed E-state index contributed by atoms with van der Waals surface area (Å²) in [6.45, 7) is 2.09. The van der Waals surface area contributed by atoms with Crippen LogP contribution in [0.4, 0.5) is 0 Å². The van der Waals surface area contributed by atoms with Crippen molar-refractivity contribution in [3.05, 3.63) is 82.2 Å². The number of aromatic nitrogens is 3. The molecule has 4 aromatic rings. The number of pyridine rings is 1. The molecule has 4 heterocycles. The van der Waals surface area contributed by atoms with Gasteiger partial charge in [0.05, 0.1) is 17.8 Å². The molecule has 6 heteroatoms. The van der Waals surface area contributed by atoms with Gasteiger partial charge in [0.2, 0.25) is 0 Å². The lowest BCUT2D eigenvalue weighted by Crippen LogP contribution is -2.35. The summed E-state index contributed by atoms with van der Waals surface area (Å²) in [5.41, 5.74) is 3.25. The van der Waals surface area contributed by atoms with Gasteiger partial charge >= 0.3 is 0 Å². The van der Waals surface area contributed by atoms with E-state index in [2.05, 4.69) is 25.9 Å². The molecule has 0 amide bonds. The number of hydrogen-bond donors (Lipinski definition) is 1. The van der Waals surface area contributed by atoms with Crippen LogP contribution in [0.5, 0.6) is 0 Å². The molecule has 3 aromatic heterocycles. The Balaban J connectivity index is 1.40. The Morgan fingerprint density at radius 1 is 1.19 bits per heavy atom. The quantitative estimate of drug-likeness (QED) is 0.609. The summed E-state index contributed by atoms with van der Waals surface area (Å²) >= 11 is 0. The monoisotopic (exact) mass is 358 g/mol. The molecule has 1 aromatic carbocycles. The van der Waals surface area contributed by atoms with Crippen molar-refractivity contribution in [1.82, 2.24) is 19.9 Å². The predicted molar refractivity (Wildman–Crippen MR) is 102 cm³/mol. The van der Waals surface area contributed by atoms with Crippen molar-refractivity contribution in [2.75, 3.05) is 6.54 Å². The minimum atomic E-state index is -0.0758. The lowest BCUT2D eigenvalue weighted by Gasteiger charge is -2.26. The molecule has 0 saturated carbocycles. The van der Waals surface area contributed by atoms with Gasteiger partial charge < -0.3 is 9.40 Å². The summed E-state index contributed by atoms with van der Waals surface area (Å²) in [5, 5.41) is 1.10. The first-order chi connectivity index (χ1) is 13.3. The topological polar surface area (TPSA) is 75.0 Å². The van der Waals surface area contributed by atoms with Crippen molar-refractivity contribution in [2.24, 2.45) is 0 Å². The second-order valence-corrected chi connectivity index (χ2v) is 6.79. The molecule has 1 aliphatic heterocycles. The maximum Gasteiger partial charge on any atom is 0.255 e. The van der Waals surface area contributed by atoms with Crippen LogP contribution in [0, 0.1) is 0 Å². The number of aromatic amines is 1. The number of nitrogens with zero attached hydrogens (tertiary/aromatic N) is 3. The van der Waals surface area contributed by atoms with Gasteiger partial charge in [-0.2, -0.15) is 0 Å². The van der Waals surface area contributed by atoms with Crippen LogP contribution < -0.4 is 5.56 Å². The predicted octanol–water partition coefficient (Wildman–Crippen LogP) is 3.14. The van der Waals surface area contributed by atoms with Gasteiger partial charge in [-0.1, -0.05) is 18.2 Å². The van der Waals surface area contributed by atoms with Crippen molar-refractivity contribution in [1.29, 1.82) is 0 Å². The van der Waals surface area contributed by atoms with Crippen LogP contribution in [-0.4, -0.2) is 26.4 Å². The first-order valence-electron chi connectivity index (χ1n) is 8.98. The van der Waals surface area contributed by atoms with Gasteiger partial charge in [-0.05, 0) is 24.3 Å². The number of para-hydroxylation sites is 1. The van der Waals surface area contributed by atoms with Gasteiger partial charge in [0, 0.05) is 42.9 Å². The van der Waals surface area contributed by atoms with Crippen LogP contribution in [0.1, 0.15) is 17.0 Å². The standard InChI is InChI=1S/C21H18N4O2/c26-21-17-13-25(12-16-10-14-4-1-2-6-19(14)27-16)9-7-18(17)23-20(24-21)15-5-3-8-22-11-15/h1-6,8,10-11H,7,9,12-13H2,(H,23,24,26). The minimum Gasteiger partial charge on any atom is -0.460 e. The summed E-state index contributed by atoms with van der Waals surface area (Å²) in [7, 11) is 0. The highest BCUT2D eigenvalue weighted by atomic mass is 16.3. The molecule has 0 fully saturated rings. The van der Waals surface area contributed by atoms with E-state index in [-0.39, 0.29) is 5.56 Å². The SMILES string of the molecule is O=c1[nH]c(-c2cccnc2)nc2c1CN(Cc1cc3ccccc3o1)CC2. The third kappa shape index (κ3) is 3.04. The van der Waals surface area contributed by atoms with Crippen molar-refractivity contribution in [3.8, 4) is 11.4 Å². The summed E-state index contributed by atoms with van der Waals surface area (Å²) in [4.78, 5) is 26.5. The number of benzene rings is 1. The van der Waals surface area contributed by atoms with E-state index >= 15 is 0 Å². The first-order valence-corrected chi connectivity index (χ1v) is 8.98. The zero-order valence-electron chi connectivity index (χ0n) is 14.7. The Bertz CT molecular complexity index is 1130. The molecule has 0 aliphatic carbocycles. The van der Waals surface area contributed by atoms with E-state index in [9.17, 15) is 4.79 Å². The zero-order valence-corrected chi connectivity index (χ0v) is 14.7. The zero-order chi connectivity index (χ0) is 18.2. The maximum absolute atomic E-state index is 12.6. The number of H-pyrrole nitrogens is 1. The Hall–Kier alpha value is -3.25. The van der Waals surface area contributed by atoms with Gasteiger partial charge in [-0.25, -0.2) is 4.98 Å². The van der Waals surface area contributed by atoms with E-state index in [1.165, 1.54) is 0 Å². The van der Waals surface area contributed by atoms with Gasteiger partial charge in [-0.3, -0.25) is 14.7 Å². The Morgan fingerprint density at radius 2 is 2.11 bits per heavy atom. The minimum absolute atomic E-state index is 0.0758. The van der Waals surface area contributed by atoms with Gasteiger partial charge in [0.25, 0.3) is 5.56 Å². The van der Waals surface area contributed by atoms with Gasteiger partial charge in [0.1, 0.15) is 17.2 Å². The van der Waals surface area contributed by atoms with Crippen LogP contribution >= 0.6 is 0 Å². The highest BCUT2D eigenvalue weighted by molar-refractivity contribution is 5.77. The largest absolute Gasteiger partial charge is 0.460 e. The number of fused-ring (bicyclic) bond motifs is 2. The summed E-state index contributed by atoms with van der Waals surface area (Å²) in [6, 6.07) is 13.8. The average molecular weight is 358 g/mol. The molecule has 0 saturated heterocycles. The Morgan fingerprint density at radius 3 is 2.96 bits per heavy atom. The van der Waals surface area contributed by atoms with Crippen LogP contribution in [-0.2, 0) is 19.5 Å². The molecule has 5 rings (SSSR count). The maximum atomic E-state index is 12.6. The lowest BCUT2D eigenvalue weighted by molar-refractivity contribution is 0.224. The first kappa shape index (κ1) is 16.0. The van der Waals surface area contributed by atoms with Crippen molar-refractivity contribution >= 4 is 11.0 Å². The lowest BCUT2D eigenvalue weighted by atomic mass is 10.1. The average Bonchev–Trinajstić information content (AvgIpc) is 3.11. The van der Waals surface area contributed by atoms with Crippen LogP contribution in [0.3, 0.4) is 0 Å². The normalized spacial score (nSPS) is 14.4. The van der Waals surface area contributed by atoms with Crippen molar-refractivity contribution < 1.29 is 4.42 Å². The van der Waals surface area contributed by atoms with E-state index in [1.54, 1.807) is 12.4 Å². The molecule has 0 radical (unpaired) electrons. The highest BCUT2D eigenvalue weighted by Gasteiger charge is 2.22. The van der Waals surface area contributed by atoms with Gasteiger partial charge in [0.15, 0.2) is 0 Å². The fraction of sp³-hybridized carbons (Fsp3) is 0.190. The van der Waals surface area contributed by atoms with E-state index in [4.69, 9.17) is 4.42 Å². The molecular formula is C21H18N4O2. The summed E-state index contributed by atoms with van der Waals surface area (Å²) in [5.74, 6) is 1.49. The van der Waals surface area contributed by atoms with E-state index in [0.717, 1.165) is 46.5 Å². The van der Waals surface area contributed by atoms with E-state index < -0.39 is 0 Å². The molecule has 0 unspecified atom stereocenters. The van der Waals surface area contributed by atoms with E-state index in [1.807, 2.05) is 36.4 Å². The summed E-state index contributed by atoms with van der Waals surface area (Å²) < 4.78 is 5.92. The number of furan rings is 1.